The molecule has 1 aromatic heterocycles. The molecule has 0 radical (unpaired) electrons. The summed E-state index contributed by atoms with van der Waals surface area (Å²) < 4.78 is 0.868. The molecule has 1 heterocycles. The number of rotatable bonds is 4. The number of halogens is 2. The Balaban J connectivity index is 0.00000196. The summed E-state index contributed by atoms with van der Waals surface area (Å²) in [7, 11) is 1.80. The molecule has 0 aromatic carbocycles. The van der Waals surface area contributed by atoms with Gasteiger partial charge in [0.05, 0.1) is 0 Å². The molecule has 1 rings (SSSR count). The molecule has 1 aromatic rings. The monoisotopic (exact) mass is 312 g/mol. The van der Waals surface area contributed by atoms with E-state index in [4.69, 9.17) is 5.73 Å². The van der Waals surface area contributed by atoms with Crippen molar-refractivity contribution in [1.82, 2.24) is 4.90 Å². The minimum absolute atomic E-state index is 0. The third kappa shape index (κ3) is 4.10. The molecule has 0 fully saturated rings. The van der Waals surface area contributed by atoms with Crippen LogP contribution >= 0.6 is 39.7 Å². The molecule has 0 aliphatic rings. The van der Waals surface area contributed by atoms with Crippen LogP contribution in [0.25, 0.3) is 0 Å². The van der Waals surface area contributed by atoms with Gasteiger partial charge in [-0.1, -0.05) is 0 Å². The van der Waals surface area contributed by atoms with Crippen LogP contribution in [0.4, 0.5) is 0 Å². The predicted octanol–water partition coefficient (Wildman–Crippen LogP) is 2.35. The first-order chi connectivity index (χ1) is 6.66. The van der Waals surface area contributed by atoms with Crippen LogP contribution in [0.2, 0.25) is 0 Å². The summed E-state index contributed by atoms with van der Waals surface area (Å²) in [4.78, 5) is 14.3. The van der Waals surface area contributed by atoms with Gasteiger partial charge in [-0.05, 0) is 40.3 Å². The largest absolute Gasteiger partial charge is 0.341 e. The molecule has 2 N–H and O–H groups in total. The maximum Gasteiger partial charge on any atom is 0.264 e. The van der Waals surface area contributed by atoms with Crippen molar-refractivity contribution in [3.8, 4) is 0 Å². The molecule has 0 saturated carbocycles. The minimum atomic E-state index is 0. The zero-order chi connectivity index (χ0) is 10.6. The highest BCUT2D eigenvalue weighted by Gasteiger charge is 2.15. The van der Waals surface area contributed by atoms with E-state index in [1.807, 2.05) is 11.4 Å². The van der Waals surface area contributed by atoms with Crippen molar-refractivity contribution in [3.63, 3.8) is 0 Å². The van der Waals surface area contributed by atoms with Crippen molar-refractivity contribution in [2.75, 3.05) is 20.1 Å². The molecule has 0 atom stereocenters. The van der Waals surface area contributed by atoms with E-state index in [2.05, 4.69) is 15.9 Å². The number of hydrogen-bond acceptors (Lipinski definition) is 3. The summed E-state index contributed by atoms with van der Waals surface area (Å²) in [5, 5.41) is 1.90. The van der Waals surface area contributed by atoms with Gasteiger partial charge in [0.25, 0.3) is 5.91 Å². The Morgan fingerprint density at radius 2 is 2.33 bits per heavy atom. The first kappa shape index (κ1) is 14.9. The molecule has 3 nitrogen and oxygen atoms in total. The van der Waals surface area contributed by atoms with Gasteiger partial charge >= 0.3 is 0 Å². The average Bonchev–Trinajstić information content (AvgIpc) is 2.59. The zero-order valence-electron chi connectivity index (χ0n) is 8.40. The highest BCUT2D eigenvalue weighted by molar-refractivity contribution is 9.10. The molecule has 0 bridgehead atoms. The topological polar surface area (TPSA) is 46.3 Å². The normalized spacial score (nSPS) is 9.53. The van der Waals surface area contributed by atoms with Crippen LogP contribution < -0.4 is 5.73 Å². The van der Waals surface area contributed by atoms with Gasteiger partial charge in [-0.3, -0.25) is 4.79 Å². The second kappa shape index (κ2) is 7.22. The lowest BCUT2D eigenvalue weighted by Crippen LogP contribution is -2.28. The van der Waals surface area contributed by atoms with Crippen molar-refractivity contribution in [2.24, 2.45) is 5.73 Å². The number of hydrogen-bond donors (Lipinski definition) is 1. The fourth-order valence-corrected chi connectivity index (χ4v) is 2.58. The van der Waals surface area contributed by atoms with Gasteiger partial charge in [-0.25, -0.2) is 0 Å². The quantitative estimate of drug-likeness (QED) is 0.927. The van der Waals surface area contributed by atoms with Crippen LogP contribution in [0.15, 0.2) is 15.9 Å². The molecule has 0 aliphatic carbocycles. The maximum absolute atomic E-state index is 11.8. The third-order valence-electron chi connectivity index (χ3n) is 1.86. The Bertz CT molecular complexity index is 319. The smallest absolute Gasteiger partial charge is 0.264 e. The van der Waals surface area contributed by atoms with Gasteiger partial charge in [0.2, 0.25) is 0 Å². The highest BCUT2D eigenvalue weighted by Crippen LogP contribution is 2.23. The van der Waals surface area contributed by atoms with Gasteiger partial charge in [-0.2, -0.15) is 0 Å². The maximum atomic E-state index is 11.8. The van der Waals surface area contributed by atoms with E-state index >= 15 is 0 Å². The second-order valence-corrected chi connectivity index (χ2v) is 4.74. The van der Waals surface area contributed by atoms with Crippen molar-refractivity contribution in [2.45, 2.75) is 6.42 Å². The third-order valence-corrected chi connectivity index (χ3v) is 3.68. The Labute approximate surface area is 108 Å². The van der Waals surface area contributed by atoms with Crippen molar-refractivity contribution in [3.05, 3.63) is 20.8 Å². The molecule has 1 amide bonds. The van der Waals surface area contributed by atoms with Gasteiger partial charge in [0.15, 0.2) is 0 Å². The minimum Gasteiger partial charge on any atom is -0.341 e. The Morgan fingerprint density at radius 1 is 1.67 bits per heavy atom. The molecule has 6 heteroatoms. The van der Waals surface area contributed by atoms with Crippen LogP contribution in [-0.4, -0.2) is 30.9 Å². The Hall–Kier alpha value is -0.100. The molecule has 0 unspecified atom stereocenters. The van der Waals surface area contributed by atoms with E-state index < -0.39 is 0 Å². The van der Waals surface area contributed by atoms with E-state index in [0.29, 0.717) is 13.1 Å². The average molecular weight is 314 g/mol. The standard InChI is InChI=1S/C9H13BrN2OS.ClH/c1-12(5-2-4-11)9(13)8-7(10)3-6-14-8;/h3,6H,2,4-5,11H2,1H3;1H. The van der Waals surface area contributed by atoms with Crippen molar-refractivity contribution >= 4 is 45.6 Å². The van der Waals surface area contributed by atoms with E-state index in [9.17, 15) is 4.79 Å². The van der Waals surface area contributed by atoms with E-state index in [-0.39, 0.29) is 18.3 Å². The molecular weight excluding hydrogens is 300 g/mol. The summed E-state index contributed by atoms with van der Waals surface area (Å²) in [6.07, 6.45) is 0.839. The lowest BCUT2D eigenvalue weighted by molar-refractivity contribution is 0.0798. The van der Waals surface area contributed by atoms with Gasteiger partial charge in [0.1, 0.15) is 4.88 Å². The van der Waals surface area contributed by atoms with E-state index in [1.165, 1.54) is 11.3 Å². The summed E-state index contributed by atoms with van der Waals surface area (Å²) in [6.45, 7) is 1.32. The first-order valence-electron chi connectivity index (χ1n) is 4.35. The molecule has 0 spiro atoms. The number of carbonyl (C=O) groups is 1. The molecule has 0 aliphatic heterocycles. The number of nitrogens with two attached hydrogens (primary N) is 1. The van der Waals surface area contributed by atoms with Gasteiger partial charge < -0.3 is 10.6 Å². The summed E-state index contributed by atoms with van der Waals surface area (Å²) in [6, 6.07) is 1.88. The van der Waals surface area contributed by atoms with Crippen LogP contribution in [0, 0.1) is 0 Å². The van der Waals surface area contributed by atoms with Crippen LogP contribution in [0.3, 0.4) is 0 Å². The molecule has 0 saturated heterocycles. The first-order valence-corrected chi connectivity index (χ1v) is 6.02. The van der Waals surface area contributed by atoms with Crippen LogP contribution in [-0.2, 0) is 0 Å². The lowest BCUT2D eigenvalue weighted by Gasteiger charge is -2.15. The second-order valence-electron chi connectivity index (χ2n) is 2.97. The van der Waals surface area contributed by atoms with Crippen molar-refractivity contribution < 1.29 is 4.79 Å². The highest BCUT2D eigenvalue weighted by atomic mass is 79.9. The molecule has 86 valence electrons. The Kier molecular flexibility index (Phi) is 7.17. The van der Waals surface area contributed by atoms with Gasteiger partial charge in [-0.15, -0.1) is 23.7 Å². The summed E-state index contributed by atoms with van der Waals surface area (Å²) in [5.41, 5.74) is 5.38. The Morgan fingerprint density at radius 3 is 2.80 bits per heavy atom. The number of carbonyl (C=O) groups excluding carboxylic acids is 1. The summed E-state index contributed by atoms with van der Waals surface area (Å²) in [5.74, 6) is 0.0559. The van der Waals surface area contributed by atoms with E-state index in [0.717, 1.165) is 15.8 Å². The fraction of sp³-hybridized carbons (Fsp3) is 0.444. The van der Waals surface area contributed by atoms with E-state index in [1.54, 1.807) is 11.9 Å². The summed E-state index contributed by atoms with van der Waals surface area (Å²) >= 11 is 4.79. The lowest BCUT2D eigenvalue weighted by atomic mass is 10.3. The fourth-order valence-electron chi connectivity index (χ4n) is 1.05. The SMILES string of the molecule is CN(CCCN)C(=O)c1sccc1Br.Cl. The van der Waals surface area contributed by atoms with Crippen LogP contribution in [0.1, 0.15) is 16.1 Å². The molecule has 15 heavy (non-hydrogen) atoms. The van der Waals surface area contributed by atoms with Crippen LogP contribution in [0.5, 0.6) is 0 Å². The predicted molar refractivity (Wildman–Crippen MR) is 69.9 cm³/mol. The number of amides is 1. The zero-order valence-corrected chi connectivity index (χ0v) is 11.6. The van der Waals surface area contributed by atoms with Crippen molar-refractivity contribution in [1.29, 1.82) is 0 Å². The molecular formula is C9H14BrClN2OS. The number of thiophene rings is 1. The van der Waals surface area contributed by atoms with Gasteiger partial charge in [0, 0.05) is 18.1 Å². The number of nitrogens with zero attached hydrogens (tertiary/aromatic N) is 1.